The van der Waals surface area contributed by atoms with Crippen LogP contribution < -0.4 is 15.8 Å². The minimum absolute atomic E-state index is 0.121. The first kappa shape index (κ1) is 16.1. The minimum atomic E-state index is -0.411. The van der Waals surface area contributed by atoms with Gasteiger partial charge in [0.15, 0.2) is 0 Å². The summed E-state index contributed by atoms with van der Waals surface area (Å²) >= 11 is 6.08. The van der Waals surface area contributed by atoms with E-state index in [2.05, 4.69) is 21.2 Å². The third kappa shape index (κ3) is 3.56. The number of rotatable bonds is 3. The Morgan fingerprint density at radius 3 is 3.21 bits per heavy atom. The Morgan fingerprint density at radius 1 is 1.46 bits per heavy atom. The summed E-state index contributed by atoms with van der Waals surface area (Å²) in [5.41, 5.74) is 5.48. The lowest BCUT2D eigenvalue weighted by molar-refractivity contribution is 0.806. The Balaban J connectivity index is 1.80. The van der Waals surface area contributed by atoms with Crippen LogP contribution in [0.15, 0.2) is 64.6 Å². The Morgan fingerprint density at radius 2 is 2.33 bits per heavy atom. The summed E-state index contributed by atoms with van der Waals surface area (Å²) in [6.45, 7) is 1.11. The maximum absolute atomic E-state index is 11.6. The second-order valence-electron chi connectivity index (χ2n) is 5.35. The van der Waals surface area contributed by atoms with Gasteiger partial charge in [0.25, 0.3) is 5.56 Å². The van der Waals surface area contributed by atoms with E-state index in [4.69, 9.17) is 17.0 Å². The molecule has 3 rings (SSSR count). The normalized spacial score (nSPS) is 18.7. The standard InChI is InChI=1S/C17H16ClN5O/c18-16-15(10-21-22-17(16)24)23-8-7-14(19)12(11-23)9-20-13-5-3-1-2-4-6-13/h1-3,5-6,9-10,19-20H,7-8,11H2,(H,22,24)/b12-9-,19-14?. The van der Waals surface area contributed by atoms with Gasteiger partial charge in [-0.15, -0.1) is 5.73 Å². The Kier molecular flexibility index (Phi) is 4.79. The fourth-order valence-corrected chi connectivity index (χ4v) is 2.65. The highest BCUT2D eigenvalue weighted by atomic mass is 35.5. The molecule has 1 saturated heterocycles. The molecule has 0 saturated carbocycles. The summed E-state index contributed by atoms with van der Waals surface area (Å²) in [5, 5.41) is 17.6. The van der Waals surface area contributed by atoms with Crippen LogP contribution >= 0.6 is 11.6 Å². The number of piperidine rings is 1. The van der Waals surface area contributed by atoms with Crippen LogP contribution in [-0.4, -0.2) is 29.0 Å². The van der Waals surface area contributed by atoms with Gasteiger partial charge in [-0.05, 0) is 12.2 Å². The highest BCUT2D eigenvalue weighted by molar-refractivity contribution is 6.33. The van der Waals surface area contributed by atoms with Gasteiger partial charge in [0, 0.05) is 48.8 Å². The van der Waals surface area contributed by atoms with E-state index in [1.54, 1.807) is 0 Å². The van der Waals surface area contributed by atoms with E-state index in [0.29, 0.717) is 30.9 Å². The molecule has 122 valence electrons. The van der Waals surface area contributed by atoms with Gasteiger partial charge in [0.05, 0.1) is 11.9 Å². The first-order valence-electron chi connectivity index (χ1n) is 7.46. The van der Waals surface area contributed by atoms with Crippen LogP contribution in [0.1, 0.15) is 6.42 Å². The van der Waals surface area contributed by atoms with E-state index in [9.17, 15) is 4.79 Å². The molecule has 2 heterocycles. The number of allylic oxidation sites excluding steroid dienone is 4. The third-order valence-electron chi connectivity index (χ3n) is 3.73. The first-order chi connectivity index (χ1) is 11.6. The van der Waals surface area contributed by atoms with Crippen molar-refractivity contribution in [3.63, 3.8) is 0 Å². The van der Waals surface area contributed by atoms with Crippen molar-refractivity contribution in [1.29, 1.82) is 5.41 Å². The predicted octanol–water partition coefficient (Wildman–Crippen LogP) is 2.29. The van der Waals surface area contributed by atoms with Crippen LogP contribution in [0, 0.1) is 5.41 Å². The zero-order valence-corrected chi connectivity index (χ0v) is 13.6. The number of halogens is 1. The molecule has 1 aromatic heterocycles. The van der Waals surface area contributed by atoms with Crippen LogP contribution in [0.2, 0.25) is 5.02 Å². The highest BCUT2D eigenvalue weighted by Gasteiger charge is 2.22. The van der Waals surface area contributed by atoms with E-state index >= 15 is 0 Å². The Labute approximate surface area is 144 Å². The van der Waals surface area contributed by atoms with Crippen molar-refractivity contribution in [2.45, 2.75) is 6.42 Å². The van der Waals surface area contributed by atoms with Crippen molar-refractivity contribution >= 4 is 23.0 Å². The topological polar surface area (TPSA) is 84.9 Å². The fraction of sp³-hybridized carbons (Fsp3) is 0.176. The lowest BCUT2D eigenvalue weighted by Gasteiger charge is -2.31. The number of hydrogen-bond acceptors (Lipinski definition) is 5. The molecule has 1 aromatic rings. The monoisotopic (exact) mass is 341 g/mol. The fourth-order valence-electron chi connectivity index (χ4n) is 2.44. The first-order valence-corrected chi connectivity index (χ1v) is 7.84. The van der Waals surface area contributed by atoms with Gasteiger partial charge < -0.3 is 15.6 Å². The molecular weight excluding hydrogens is 326 g/mol. The molecule has 24 heavy (non-hydrogen) atoms. The van der Waals surface area contributed by atoms with Crippen molar-refractivity contribution in [1.82, 2.24) is 15.5 Å². The molecule has 2 aliphatic rings. The van der Waals surface area contributed by atoms with Crippen molar-refractivity contribution in [2.24, 2.45) is 0 Å². The second kappa shape index (κ2) is 7.17. The van der Waals surface area contributed by atoms with Gasteiger partial charge in [-0.2, -0.15) is 5.10 Å². The summed E-state index contributed by atoms with van der Waals surface area (Å²) in [5.74, 6) is 0. The van der Waals surface area contributed by atoms with Gasteiger partial charge in [-0.3, -0.25) is 4.79 Å². The molecule has 0 amide bonds. The smallest absolute Gasteiger partial charge is 0.285 e. The number of aromatic nitrogens is 2. The maximum Gasteiger partial charge on any atom is 0.285 e. The number of H-pyrrole nitrogens is 1. The van der Waals surface area contributed by atoms with Crippen LogP contribution in [-0.2, 0) is 0 Å². The maximum atomic E-state index is 11.6. The number of anilines is 1. The zero-order valence-electron chi connectivity index (χ0n) is 12.8. The minimum Gasteiger partial charge on any atom is -0.364 e. The molecule has 0 spiro atoms. The van der Waals surface area contributed by atoms with Gasteiger partial charge in [0.2, 0.25) is 0 Å². The molecule has 0 bridgehead atoms. The van der Waals surface area contributed by atoms with Crippen LogP contribution in [0.4, 0.5) is 5.69 Å². The molecule has 1 fully saturated rings. The molecule has 0 unspecified atom stereocenters. The SMILES string of the molecule is N=C1CCN(c2cn[nH]c(=O)c2Cl)C/C1=C/NC1=CC=CC=C=C1. The zero-order chi connectivity index (χ0) is 16.9. The molecule has 7 heteroatoms. The summed E-state index contributed by atoms with van der Waals surface area (Å²) in [4.78, 5) is 13.6. The molecule has 6 nitrogen and oxygen atoms in total. The molecule has 0 atom stereocenters. The van der Waals surface area contributed by atoms with Gasteiger partial charge in [-0.1, -0.05) is 23.8 Å². The van der Waals surface area contributed by atoms with E-state index < -0.39 is 5.56 Å². The second-order valence-corrected chi connectivity index (χ2v) is 5.72. The van der Waals surface area contributed by atoms with Gasteiger partial charge >= 0.3 is 0 Å². The quantitative estimate of drug-likeness (QED) is 0.736. The van der Waals surface area contributed by atoms with Crippen molar-refractivity contribution in [3.8, 4) is 0 Å². The molecular formula is C17H16ClN5O. The summed E-state index contributed by atoms with van der Waals surface area (Å²) in [6, 6.07) is 0. The summed E-state index contributed by atoms with van der Waals surface area (Å²) in [6.07, 6.45) is 13.3. The van der Waals surface area contributed by atoms with Crippen molar-refractivity contribution in [2.75, 3.05) is 18.0 Å². The highest BCUT2D eigenvalue weighted by Crippen LogP contribution is 2.24. The molecule has 0 aromatic carbocycles. The Bertz CT molecular complexity index is 871. The van der Waals surface area contributed by atoms with E-state index in [1.807, 2.05) is 41.5 Å². The van der Waals surface area contributed by atoms with E-state index in [1.165, 1.54) is 6.20 Å². The molecule has 1 aliphatic heterocycles. The summed E-state index contributed by atoms with van der Waals surface area (Å²) in [7, 11) is 0. The predicted molar refractivity (Wildman–Crippen MR) is 95.5 cm³/mol. The van der Waals surface area contributed by atoms with Crippen LogP contribution in [0.25, 0.3) is 0 Å². The lowest BCUT2D eigenvalue weighted by atomic mass is 10.0. The Hall–Kier alpha value is -2.82. The number of nitrogens with one attached hydrogen (secondary N) is 3. The van der Waals surface area contributed by atoms with Crippen LogP contribution in [0.5, 0.6) is 0 Å². The average Bonchev–Trinajstić information content (AvgIpc) is 2.86. The average molecular weight is 342 g/mol. The molecule has 1 aliphatic carbocycles. The van der Waals surface area contributed by atoms with Crippen molar-refractivity contribution < 1.29 is 0 Å². The number of nitrogens with zero attached hydrogens (tertiary/aromatic N) is 2. The molecule has 3 N–H and O–H groups in total. The largest absolute Gasteiger partial charge is 0.364 e. The lowest BCUT2D eigenvalue weighted by Crippen LogP contribution is -2.37. The van der Waals surface area contributed by atoms with Gasteiger partial charge in [-0.25, -0.2) is 5.10 Å². The van der Waals surface area contributed by atoms with E-state index in [0.717, 1.165) is 11.3 Å². The summed E-state index contributed by atoms with van der Waals surface area (Å²) < 4.78 is 0. The molecule has 0 radical (unpaired) electrons. The third-order valence-corrected chi connectivity index (χ3v) is 4.09. The van der Waals surface area contributed by atoms with E-state index in [-0.39, 0.29) is 5.02 Å². The number of hydrogen-bond donors (Lipinski definition) is 3. The van der Waals surface area contributed by atoms with Crippen molar-refractivity contribution in [3.05, 3.63) is 75.2 Å². The van der Waals surface area contributed by atoms with Gasteiger partial charge in [0.1, 0.15) is 5.02 Å². The van der Waals surface area contributed by atoms with Crippen LogP contribution in [0.3, 0.4) is 0 Å². The number of aromatic amines is 1.